The fourth-order valence-corrected chi connectivity index (χ4v) is 13.0. The number of nitrogens with zero attached hydrogens (tertiary/aromatic N) is 7. The van der Waals surface area contributed by atoms with E-state index in [1.54, 1.807) is 54.5 Å². The number of aliphatic hydroxyl groups is 2. The Bertz CT molecular complexity index is 2600. The van der Waals surface area contributed by atoms with Crippen LogP contribution in [0.25, 0.3) is 0 Å². The van der Waals surface area contributed by atoms with E-state index < -0.39 is 161 Å². The van der Waals surface area contributed by atoms with Gasteiger partial charge in [-0.25, -0.2) is 0 Å². The average molecular weight is 1380 g/mol. The van der Waals surface area contributed by atoms with Gasteiger partial charge in [0, 0.05) is 61.5 Å². The van der Waals surface area contributed by atoms with Crippen molar-refractivity contribution in [2.45, 2.75) is 255 Å². The van der Waals surface area contributed by atoms with Gasteiger partial charge in [-0.2, -0.15) is 11.8 Å². The Morgan fingerprint density at radius 3 is 1.44 bits per heavy atom. The summed E-state index contributed by atoms with van der Waals surface area (Å²) < 4.78 is 0. The SMILES string of the molecule is C/C=C/C[C@@H](C)[C@@H](O)[C@H]1C(=O)N[C@@H](CC)C(=O)N(C)[C@H](CSCCCNCC(C)C)C(=O)N(C)[C@@H](CC(C)(C)O)C(=O)N[C@@H](C(C)C)C(=O)N(C)[C@@H](CC(C)C)C(=O)N[C@@H](C)C(=O)N[C@H](C)C(=O)N(C)[C@@H](CC(C)C)C(=O)N(C)[C@@H](CC(C)C)C(=O)N(C)[C@@H](C(C)C)C(=O)N1C. The van der Waals surface area contributed by atoms with E-state index in [4.69, 9.17) is 0 Å². The van der Waals surface area contributed by atoms with E-state index in [1.165, 1.54) is 113 Å². The second-order valence-corrected chi connectivity index (χ2v) is 30.9. The van der Waals surface area contributed by atoms with Crippen molar-refractivity contribution in [1.82, 2.24) is 60.9 Å². The maximum Gasteiger partial charge on any atom is 0.246 e. The highest BCUT2D eigenvalue weighted by atomic mass is 32.2. The highest BCUT2D eigenvalue weighted by Gasteiger charge is 2.47. The molecule has 11 amide bonds. The average Bonchev–Trinajstić information content (AvgIpc) is 0.810. The van der Waals surface area contributed by atoms with Crippen LogP contribution in [0.3, 0.4) is 0 Å². The Kier molecular flexibility index (Phi) is 37.5. The zero-order valence-electron chi connectivity index (χ0n) is 63.3. The molecule has 0 saturated carbocycles. The van der Waals surface area contributed by atoms with Crippen LogP contribution in [0.2, 0.25) is 0 Å². The maximum atomic E-state index is 15.4. The number of amides is 11. The molecule has 1 rings (SSSR count). The quantitative estimate of drug-likeness (QED) is 0.0559. The van der Waals surface area contributed by atoms with Gasteiger partial charge >= 0.3 is 0 Å². The lowest BCUT2D eigenvalue weighted by molar-refractivity contribution is -0.157. The summed E-state index contributed by atoms with van der Waals surface area (Å²) in [4.78, 5) is 173. The van der Waals surface area contributed by atoms with E-state index in [0.717, 1.165) is 16.3 Å². The standard InChI is InChI=1S/C70H128N12O13S/c1-27-29-31-46(15)58(83)57-62(87)74-49(28-2)64(89)80(24)54(39-96-33-30-32-71-38-43(9)10)67(92)79(23)53(37-70(18,19)95)61(86)75-55(44(11)12)68(93)76(20)50(34-40(3)4)60(85)72-47(16)59(84)73-48(17)63(88)77(21)51(35-41(5)6)65(90)78(22)52(36-42(7)8)66(91)81(25)56(45(13)14)69(94)82(57)26/h27,29,40-58,71,83,95H,28,30-39H2,1-26H3,(H,72,85)(H,73,84)(H,74,87)(H,75,86)/b29-27+/t46-,47+,48-,49+,50+,51+,52+,53+,54-,55+,56+,57+,58-/m1/s1. The van der Waals surface area contributed by atoms with Gasteiger partial charge in [-0.3, -0.25) is 52.7 Å². The summed E-state index contributed by atoms with van der Waals surface area (Å²) >= 11 is 1.39. The number of thioether (sulfide) groups is 1. The molecule has 0 aromatic heterocycles. The van der Waals surface area contributed by atoms with Crippen molar-refractivity contribution in [2.75, 3.05) is 73.9 Å². The van der Waals surface area contributed by atoms with Gasteiger partial charge in [0.2, 0.25) is 65.0 Å². The highest BCUT2D eigenvalue weighted by Crippen LogP contribution is 2.27. The lowest BCUT2D eigenvalue weighted by atomic mass is 9.91. The molecule has 1 aliphatic heterocycles. The lowest BCUT2D eigenvalue weighted by Gasteiger charge is -2.41. The van der Waals surface area contributed by atoms with Crippen LogP contribution in [0, 0.1) is 41.4 Å². The lowest BCUT2D eigenvalue weighted by Crippen LogP contribution is -2.64. The highest BCUT2D eigenvalue weighted by molar-refractivity contribution is 7.99. The molecule has 0 aromatic carbocycles. The van der Waals surface area contributed by atoms with Gasteiger partial charge in [0.15, 0.2) is 0 Å². The van der Waals surface area contributed by atoms with Crippen LogP contribution in [0.1, 0.15) is 176 Å². The third-order valence-corrected chi connectivity index (χ3v) is 19.0. The molecule has 25 nitrogen and oxygen atoms in total. The van der Waals surface area contributed by atoms with E-state index in [0.29, 0.717) is 24.6 Å². The van der Waals surface area contributed by atoms with Gasteiger partial charge in [0.25, 0.3) is 0 Å². The molecule has 0 aliphatic carbocycles. The first-order chi connectivity index (χ1) is 44.3. The Morgan fingerprint density at radius 2 is 0.958 bits per heavy atom. The topological polar surface area (TPSA) is 311 Å². The molecule has 7 N–H and O–H groups in total. The Morgan fingerprint density at radius 1 is 0.510 bits per heavy atom. The monoisotopic (exact) mass is 1380 g/mol. The number of carbonyl (C=O) groups excluding carboxylic acids is 11. The zero-order chi connectivity index (χ0) is 74.3. The van der Waals surface area contributed by atoms with Crippen molar-refractivity contribution < 1.29 is 63.0 Å². The third kappa shape index (κ3) is 26.4. The Hall–Kier alpha value is -5.86. The van der Waals surface area contributed by atoms with Crippen molar-refractivity contribution in [2.24, 2.45) is 41.4 Å². The van der Waals surface area contributed by atoms with Gasteiger partial charge in [0.1, 0.15) is 66.5 Å². The molecule has 26 heteroatoms. The molecular weight excluding hydrogens is 1250 g/mol. The number of hydrogen-bond donors (Lipinski definition) is 7. The van der Waals surface area contributed by atoms with E-state index in [9.17, 15) is 34.2 Å². The molecular formula is C70H128N12O13S. The number of nitrogens with one attached hydrogen (secondary N) is 5. The van der Waals surface area contributed by atoms with Crippen LogP contribution in [0.4, 0.5) is 0 Å². The van der Waals surface area contributed by atoms with Crippen LogP contribution < -0.4 is 26.6 Å². The predicted octanol–water partition coefficient (Wildman–Crippen LogP) is 4.12. The number of allylic oxidation sites excluding steroid dienone is 2. The molecule has 0 spiro atoms. The van der Waals surface area contributed by atoms with Gasteiger partial charge in [-0.1, -0.05) is 109 Å². The Balaban J connectivity index is 4.56. The van der Waals surface area contributed by atoms with Crippen molar-refractivity contribution in [3.63, 3.8) is 0 Å². The van der Waals surface area contributed by atoms with E-state index in [2.05, 4.69) is 40.4 Å². The van der Waals surface area contributed by atoms with Crippen molar-refractivity contribution >= 4 is 76.7 Å². The molecule has 0 aromatic rings. The molecule has 1 aliphatic rings. The molecule has 0 radical (unpaired) electrons. The Labute approximate surface area is 580 Å². The summed E-state index contributed by atoms with van der Waals surface area (Å²) in [6.07, 6.45) is 3.07. The first-order valence-electron chi connectivity index (χ1n) is 34.7. The van der Waals surface area contributed by atoms with Crippen LogP contribution in [0.15, 0.2) is 12.2 Å². The molecule has 1 heterocycles. The third-order valence-electron chi connectivity index (χ3n) is 17.9. The van der Waals surface area contributed by atoms with E-state index in [-0.39, 0.29) is 62.0 Å². The van der Waals surface area contributed by atoms with Gasteiger partial charge in [-0.15, -0.1) is 0 Å². The molecule has 1 fully saturated rings. The van der Waals surface area contributed by atoms with Crippen LogP contribution in [-0.4, -0.2) is 262 Å². The summed E-state index contributed by atoms with van der Waals surface area (Å²) in [6.45, 7) is 34.6. The normalized spacial score (nSPS) is 26.2. The molecule has 552 valence electrons. The smallest absolute Gasteiger partial charge is 0.246 e. The summed E-state index contributed by atoms with van der Waals surface area (Å²) in [5.41, 5.74) is -1.58. The maximum absolute atomic E-state index is 15.4. The van der Waals surface area contributed by atoms with Crippen LogP contribution in [-0.2, 0) is 52.7 Å². The van der Waals surface area contributed by atoms with E-state index >= 15 is 28.8 Å². The molecule has 96 heavy (non-hydrogen) atoms. The second kappa shape index (κ2) is 40.9. The first-order valence-corrected chi connectivity index (χ1v) is 35.9. The van der Waals surface area contributed by atoms with Gasteiger partial charge < -0.3 is 71.1 Å². The van der Waals surface area contributed by atoms with E-state index in [1.807, 2.05) is 47.6 Å². The number of carbonyl (C=O) groups is 11. The molecule has 1 saturated heterocycles. The van der Waals surface area contributed by atoms with Crippen LogP contribution in [0.5, 0.6) is 0 Å². The summed E-state index contributed by atoms with van der Waals surface area (Å²) in [5.74, 6) is -9.27. The summed E-state index contributed by atoms with van der Waals surface area (Å²) in [7, 11) is 9.89. The van der Waals surface area contributed by atoms with Gasteiger partial charge in [-0.05, 0) is 133 Å². The summed E-state index contributed by atoms with van der Waals surface area (Å²) in [6, 6.07) is -14.4. The van der Waals surface area contributed by atoms with Crippen molar-refractivity contribution in [3.05, 3.63) is 12.2 Å². The number of likely N-dealkylation sites (N-methyl/N-ethyl adjacent to an activating group) is 7. The van der Waals surface area contributed by atoms with Gasteiger partial charge in [0.05, 0.1) is 11.7 Å². The molecule has 0 unspecified atom stereocenters. The minimum Gasteiger partial charge on any atom is -0.390 e. The first kappa shape index (κ1) is 88.2. The predicted molar refractivity (Wildman–Crippen MR) is 378 cm³/mol. The number of rotatable bonds is 23. The minimum absolute atomic E-state index is 0.0207. The summed E-state index contributed by atoms with van der Waals surface area (Å²) in [5, 5.41) is 38.2. The van der Waals surface area contributed by atoms with Crippen molar-refractivity contribution in [3.8, 4) is 0 Å². The number of hydrogen-bond acceptors (Lipinski definition) is 15. The van der Waals surface area contributed by atoms with Crippen molar-refractivity contribution in [1.29, 1.82) is 0 Å². The molecule has 0 bridgehead atoms. The largest absolute Gasteiger partial charge is 0.390 e. The number of aliphatic hydroxyl groups excluding tert-OH is 1. The second-order valence-electron chi connectivity index (χ2n) is 29.7. The fraction of sp³-hybridized carbons (Fsp3) is 0.814. The zero-order valence-corrected chi connectivity index (χ0v) is 64.1. The van der Waals surface area contributed by atoms with Crippen LogP contribution >= 0.6 is 11.8 Å². The molecule has 13 atom stereocenters. The fourth-order valence-electron chi connectivity index (χ4n) is 11.9. The minimum atomic E-state index is -1.66.